The van der Waals surface area contributed by atoms with Crippen LogP contribution in [0, 0.1) is 6.92 Å². The first-order chi connectivity index (χ1) is 11.8. The molecule has 2 N–H and O–H groups in total. The van der Waals surface area contributed by atoms with Crippen molar-refractivity contribution in [1.82, 2.24) is 4.98 Å². The molecule has 1 aliphatic rings. The summed E-state index contributed by atoms with van der Waals surface area (Å²) >= 11 is 0. The van der Waals surface area contributed by atoms with E-state index in [1.165, 1.54) is 0 Å². The van der Waals surface area contributed by atoms with Crippen LogP contribution in [0.5, 0.6) is 11.6 Å². The Morgan fingerprint density at radius 3 is 2.56 bits per heavy atom. The van der Waals surface area contributed by atoms with Gasteiger partial charge in [0.2, 0.25) is 5.88 Å². The third kappa shape index (κ3) is 3.59. The standard InChI is InChI=1S/C21H24N2O2/c1-12(2)24-20-7-6-16(11-23-20)19-10-14(4)17-8-13(3)9-18(15(5)22)21(17)25-19/h6-12,15H,4,22H2,1-3,5H3. The fraction of sp³-hybridized carbons (Fsp3) is 0.286. The smallest absolute Gasteiger partial charge is 0.213 e. The summed E-state index contributed by atoms with van der Waals surface area (Å²) in [7, 11) is 0. The maximum absolute atomic E-state index is 6.20. The molecule has 1 atom stereocenters. The van der Waals surface area contributed by atoms with Crippen LogP contribution in [0.1, 0.15) is 49.1 Å². The average Bonchev–Trinajstić information content (AvgIpc) is 2.54. The Balaban J connectivity index is 1.96. The van der Waals surface area contributed by atoms with Gasteiger partial charge >= 0.3 is 0 Å². The normalized spacial score (nSPS) is 14.6. The van der Waals surface area contributed by atoms with E-state index in [0.717, 1.165) is 33.6 Å². The molecule has 130 valence electrons. The Bertz CT molecular complexity index is 834. The van der Waals surface area contributed by atoms with Crippen LogP contribution in [0.25, 0.3) is 11.3 Å². The number of hydrogen-bond donors (Lipinski definition) is 1. The van der Waals surface area contributed by atoms with Gasteiger partial charge in [-0.1, -0.05) is 12.6 Å². The first kappa shape index (κ1) is 17.2. The lowest BCUT2D eigenvalue weighted by atomic mass is 9.94. The Labute approximate surface area is 149 Å². The van der Waals surface area contributed by atoms with E-state index in [9.17, 15) is 0 Å². The molecule has 2 aromatic rings. The fourth-order valence-electron chi connectivity index (χ4n) is 2.85. The third-order valence-electron chi connectivity index (χ3n) is 3.99. The zero-order valence-corrected chi connectivity index (χ0v) is 15.2. The zero-order chi connectivity index (χ0) is 18.1. The first-order valence-corrected chi connectivity index (χ1v) is 8.47. The molecular formula is C21H24N2O2. The summed E-state index contributed by atoms with van der Waals surface area (Å²) in [5.74, 6) is 2.10. The van der Waals surface area contributed by atoms with Gasteiger partial charge in [-0.15, -0.1) is 0 Å². The van der Waals surface area contributed by atoms with Gasteiger partial charge in [-0.05, 0) is 57.0 Å². The summed E-state index contributed by atoms with van der Waals surface area (Å²) in [6.45, 7) is 12.1. The average molecular weight is 336 g/mol. The summed E-state index contributed by atoms with van der Waals surface area (Å²) in [5.41, 5.74) is 11.0. The van der Waals surface area contributed by atoms with Gasteiger partial charge in [-0.2, -0.15) is 0 Å². The number of nitrogens with two attached hydrogens (primary N) is 1. The molecule has 0 saturated heterocycles. The molecule has 0 spiro atoms. The summed E-state index contributed by atoms with van der Waals surface area (Å²) in [6, 6.07) is 7.81. The zero-order valence-electron chi connectivity index (χ0n) is 15.2. The van der Waals surface area contributed by atoms with Gasteiger partial charge in [0.15, 0.2) is 0 Å². The minimum Gasteiger partial charge on any atom is -0.475 e. The van der Waals surface area contributed by atoms with Crippen LogP contribution in [-0.2, 0) is 0 Å². The van der Waals surface area contributed by atoms with Crippen LogP contribution in [-0.4, -0.2) is 11.1 Å². The maximum atomic E-state index is 6.20. The number of aromatic nitrogens is 1. The third-order valence-corrected chi connectivity index (χ3v) is 3.99. The van der Waals surface area contributed by atoms with Gasteiger partial charge in [0, 0.05) is 35.0 Å². The molecule has 25 heavy (non-hydrogen) atoms. The number of benzene rings is 1. The second kappa shape index (κ2) is 6.73. The van der Waals surface area contributed by atoms with E-state index in [4.69, 9.17) is 15.2 Å². The summed E-state index contributed by atoms with van der Waals surface area (Å²) in [5, 5.41) is 0. The van der Waals surface area contributed by atoms with E-state index < -0.39 is 0 Å². The summed E-state index contributed by atoms with van der Waals surface area (Å²) in [4.78, 5) is 4.35. The van der Waals surface area contributed by atoms with E-state index in [0.29, 0.717) is 11.6 Å². The van der Waals surface area contributed by atoms with E-state index in [-0.39, 0.29) is 12.1 Å². The molecule has 0 bridgehead atoms. The molecule has 0 fully saturated rings. The molecular weight excluding hydrogens is 312 g/mol. The van der Waals surface area contributed by atoms with Gasteiger partial charge < -0.3 is 15.2 Å². The lowest BCUT2D eigenvalue weighted by Gasteiger charge is -2.24. The summed E-state index contributed by atoms with van der Waals surface area (Å²) < 4.78 is 11.8. The SMILES string of the molecule is C=C1C=C(c2ccc(OC(C)C)nc2)Oc2c1cc(C)cc2C(C)N. The molecule has 4 nitrogen and oxygen atoms in total. The number of pyridine rings is 1. The fourth-order valence-corrected chi connectivity index (χ4v) is 2.85. The number of ether oxygens (including phenoxy) is 2. The first-order valence-electron chi connectivity index (χ1n) is 8.47. The number of nitrogens with zero attached hydrogens (tertiary/aromatic N) is 1. The van der Waals surface area contributed by atoms with Gasteiger partial charge in [0.05, 0.1) is 6.10 Å². The predicted octanol–water partition coefficient (Wildman–Crippen LogP) is 4.64. The van der Waals surface area contributed by atoms with Gasteiger partial charge in [-0.3, -0.25) is 0 Å². The van der Waals surface area contributed by atoms with Crippen LogP contribution in [0.4, 0.5) is 0 Å². The highest BCUT2D eigenvalue weighted by atomic mass is 16.5. The van der Waals surface area contributed by atoms with Crippen molar-refractivity contribution in [2.75, 3.05) is 0 Å². The number of allylic oxidation sites excluding steroid dienone is 2. The molecule has 0 radical (unpaired) electrons. The van der Waals surface area contributed by atoms with Crippen molar-refractivity contribution in [3.8, 4) is 11.6 Å². The van der Waals surface area contributed by atoms with Gasteiger partial charge in [-0.25, -0.2) is 4.98 Å². The van der Waals surface area contributed by atoms with Gasteiger partial charge in [0.1, 0.15) is 11.5 Å². The molecule has 0 saturated carbocycles. The highest BCUT2D eigenvalue weighted by Gasteiger charge is 2.22. The van der Waals surface area contributed by atoms with Crippen LogP contribution in [0.15, 0.2) is 43.1 Å². The summed E-state index contributed by atoms with van der Waals surface area (Å²) in [6.07, 6.45) is 3.78. The lowest BCUT2D eigenvalue weighted by molar-refractivity contribution is 0.232. The lowest BCUT2D eigenvalue weighted by Crippen LogP contribution is -2.12. The Kier molecular flexibility index (Phi) is 4.64. The molecule has 3 rings (SSSR count). The number of fused-ring (bicyclic) bond motifs is 1. The molecule has 0 aliphatic carbocycles. The van der Waals surface area contributed by atoms with Crippen molar-refractivity contribution in [2.24, 2.45) is 5.73 Å². The quantitative estimate of drug-likeness (QED) is 0.883. The van der Waals surface area contributed by atoms with E-state index in [1.807, 2.05) is 39.0 Å². The molecule has 1 aromatic carbocycles. The van der Waals surface area contributed by atoms with Crippen LogP contribution < -0.4 is 15.2 Å². The van der Waals surface area contributed by atoms with E-state index >= 15 is 0 Å². The molecule has 1 unspecified atom stereocenters. The number of rotatable bonds is 4. The van der Waals surface area contributed by atoms with E-state index in [2.05, 4.69) is 30.6 Å². The monoisotopic (exact) mass is 336 g/mol. The second-order valence-electron chi connectivity index (χ2n) is 6.71. The number of aryl methyl sites for hydroxylation is 1. The Morgan fingerprint density at radius 2 is 1.96 bits per heavy atom. The van der Waals surface area contributed by atoms with Crippen molar-refractivity contribution < 1.29 is 9.47 Å². The van der Waals surface area contributed by atoms with Crippen LogP contribution in [0.3, 0.4) is 0 Å². The molecule has 1 aliphatic heterocycles. The number of hydrogen-bond acceptors (Lipinski definition) is 4. The molecule has 2 heterocycles. The van der Waals surface area contributed by atoms with Crippen LogP contribution in [0.2, 0.25) is 0 Å². The minimum absolute atomic E-state index is 0.0898. The second-order valence-corrected chi connectivity index (χ2v) is 6.71. The van der Waals surface area contributed by atoms with Crippen molar-refractivity contribution in [2.45, 2.75) is 39.8 Å². The van der Waals surface area contributed by atoms with Crippen LogP contribution >= 0.6 is 0 Å². The van der Waals surface area contributed by atoms with Crippen molar-refractivity contribution in [1.29, 1.82) is 0 Å². The van der Waals surface area contributed by atoms with E-state index in [1.54, 1.807) is 6.20 Å². The predicted molar refractivity (Wildman–Crippen MR) is 101 cm³/mol. The highest BCUT2D eigenvalue weighted by Crippen LogP contribution is 2.41. The minimum atomic E-state index is -0.124. The van der Waals surface area contributed by atoms with Crippen molar-refractivity contribution in [3.63, 3.8) is 0 Å². The largest absolute Gasteiger partial charge is 0.475 e. The Hall–Kier alpha value is -2.59. The van der Waals surface area contributed by atoms with Gasteiger partial charge in [0.25, 0.3) is 0 Å². The van der Waals surface area contributed by atoms with Crippen molar-refractivity contribution >= 4 is 11.3 Å². The topological polar surface area (TPSA) is 57.4 Å². The molecule has 1 aromatic heterocycles. The molecule has 4 heteroatoms. The maximum Gasteiger partial charge on any atom is 0.213 e. The van der Waals surface area contributed by atoms with Crippen molar-refractivity contribution in [3.05, 3.63) is 65.4 Å². The highest BCUT2D eigenvalue weighted by molar-refractivity contribution is 5.88. The molecule has 0 amide bonds. The Morgan fingerprint density at radius 1 is 1.20 bits per heavy atom.